The van der Waals surface area contributed by atoms with Crippen LogP contribution in [0.25, 0.3) is 17.0 Å². The van der Waals surface area contributed by atoms with E-state index >= 15 is 0 Å². The molecule has 0 bridgehead atoms. The monoisotopic (exact) mass is 225 g/mol. The van der Waals surface area contributed by atoms with Crippen LogP contribution >= 0.6 is 0 Å². The van der Waals surface area contributed by atoms with Crippen LogP contribution < -0.4 is 0 Å². The van der Waals surface area contributed by atoms with Gasteiger partial charge in [0.2, 0.25) is 0 Å². The number of pyridine rings is 1. The summed E-state index contributed by atoms with van der Waals surface area (Å²) in [7, 11) is 0. The quantitative estimate of drug-likeness (QED) is 0.739. The van der Waals surface area contributed by atoms with E-state index in [1.54, 1.807) is 6.20 Å². The number of benzene rings is 1. The van der Waals surface area contributed by atoms with E-state index in [0.29, 0.717) is 12.4 Å². The Balaban J connectivity index is 2.32. The third-order valence-corrected chi connectivity index (χ3v) is 2.47. The average molecular weight is 225 g/mol. The molecular formula is C15H15NO. The standard InChI is InChI=1S/C15H15NO/c1-3-17-12(2)14-9-10-16-15(11-14)13-7-5-4-6-8-13/h4-11H,2-3H2,1H3. The van der Waals surface area contributed by atoms with E-state index < -0.39 is 0 Å². The fourth-order valence-electron chi connectivity index (χ4n) is 1.63. The minimum atomic E-state index is 0.627. The Hall–Kier alpha value is -2.09. The molecule has 0 amide bonds. The maximum Gasteiger partial charge on any atom is 0.119 e. The highest BCUT2D eigenvalue weighted by atomic mass is 16.5. The molecule has 1 aromatic heterocycles. The van der Waals surface area contributed by atoms with Gasteiger partial charge in [0, 0.05) is 17.3 Å². The number of aromatic nitrogens is 1. The Bertz CT molecular complexity index is 505. The van der Waals surface area contributed by atoms with Gasteiger partial charge in [-0.2, -0.15) is 0 Å². The van der Waals surface area contributed by atoms with Crippen LogP contribution in [0, 0.1) is 0 Å². The molecule has 0 radical (unpaired) electrons. The third kappa shape index (κ3) is 2.72. The van der Waals surface area contributed by atoms with E-state index in [1.165, 1.54) is 0 Å². The molecular weight excluding hydrogens is 210 g/mol. The van der Waals surface area contributed by atoms with Crippen LogP contribution in [-0.2, 0) is 4.74 Å². The molecule has 2 rings (SSSR count). The molecule has 0 saturated heterocycles. The normalized spacial score (nSPS) is 9.94. The molecule has 0 aliphatic carbocycles. The molecule has 0 aliphatic rings. The van der Waals surface area contributed by atoms with Crippen molar-refractivity contribution in [2.75, 3.05) is 6.61 Å². The van der Waals surface area contributed by atoms with Gasteiger partial charge in [0.25, 0.3) is 0 Å². The van der Waals surface area contributed by atoms with E-state index in [0.717, 1.165) is 16.8 Å². The van der Waals surface area contributed by atoms with Gasteiger partial charge in [-0.3, -0.25) is 4.98 Å². The van der Waals surface area contributed by atoms with Crippen LogP contribution in [0.3, 0.4) is 0 Å². The number of hydrogen-bond acceptors (Lipinski definition) is 2. The number of rotatable bonds is 4. The smallest absolute Gasteiger partial charge is 0.119 e. The highest BCUT2D eigenvalue weighted by molar-refractivity contribution is 5.66. The Morgan fingerprint density at radius 1 is 1.24 bits per heavy atom. The minimum Gasteiger partial charge on any atom is -0.494 e. The van der Waals surface area contributed by atoms with Crippen molar-refractivity contribution in [3.05, 3.63) is 60.8 Å². The van der Waals surface area contributed by atoms with E-state index in [-0.39, 0.29) is 0 Å². The van der Waals surface area contributed by atoms with Crippen LogP contribution in [0.5, 0.6) is 0 Å². The highest BCUT2D eigenvalue weighted by Crippen LogP contribution is 2.21. The first-order chi connectivity index (χ1) is 8.31. The molecule has 1 aromatic carbocycles. The summed E-state index contributed by atoms with van der Waals surface area (Å²) in [6.45, 7) is 6.48. The van der Waals surface area contributed by atoms with Gasteiger partial charge < -0.3 is 4.74 Å². The molecule has 0 fully saturated rings. The molecule has 2 aromatic rings. The maximum absolute atomic E-state index is 5.40. The van der Waals surface area contributed by atoms with Crippen molar-refractivity contribution < 1.29 is 4.74 Å². The van der Waals surface area contributed by atoms with Gasteiger partial charge in [-0.1, -0.05) is 36.9 Å². The zero-order valence-corrected chi connectivity index (χ0v) is 9.89. The summed E-state index contributed by atoms with van der Waals surface area (Å²) in [6.07, 6.45) is 1.78. The van der Waals surface area contributed by atoms with Crippen molar-refractivity contribution in [3.8, 4) is 11.3 Å². The van der Waals surface area contributed by atoms with Gasteiger partial charge in [-0.25, -0.2) is 0 Å². The Kier molecular flexibility index (Phi) is 3.55. The summed E-state index contributed by atoms with van der Waals surface area (Å²) in [5, 5.41) is 0. The lowest BCUT2D eigenvalue weighted by Gasteiger charge is -2.08. The second-order valence-corrected chi connectivity index (χ2v) is 3.65. The van der Waals surface area contributed by atoms with Crippen molar-refractivity contribution in [2.45, 2.75) is 6.92 Å². The summed E-state index contributed by atoms with van der Waals surface area (Å²) in [5.41, 5.74) is 3.00. The molecule has 1 heterocycles. The van der Waals surface area contributed by atoms with Crippen LogP contribution in [0.4, 0.5) is 0 Å². The van der Waals surface area contributed by atoms with Crippen molar-refractivity contribution in [2.24, 2.45) is 0 Å². The lowest BCUT2D eigenvalue weighted by molar-refractivity contribution is 0.299. The summed E-state index contributed by atoms with van der Waals surface area (Å²) < 4.78 is 5.40. The van der Waals surface area contributed by atoms with Crippen molar-refractivity contribution in [1.82, 2.24) is 4.98 Å². The molecule has 0 N–H and O–H groups in total. The van der Waals surface area contributed by atoms with E-state index in [2.05, 4.69) is 11.6 Å². The first kappa shape index (κ1) is 11.4. The SMILES string of the molecule is C=C(OCC)c1ccnc(-c2ccccc2)c1. The number of ether oxygens (including phenoxy) is 1. The fourth-order valence-corrected chi connectivity index (χ4v) is 1.63. The van der Waals surface area contributed by atoms with Crippen LogP contribution in [-0.4, -0.2) is 11.6 Å². The Labute approximate surface area is 102 Å². The lowest BCUT2D eigenvalue weighted by atomic mass is 10.1. The summed E-state index contributed by atoms with van der Waals surface area (Å²) in [6, 6.07) is 14.0. The summed E-state index contributed by atoms with van der Waals surface area (Å²) >= 11 is 0. The van der Waals surface area contributed by atoms with Gasteiger partial charge >= 0.3 is 0 Å². The van der Waals surface area contributed by atoms with Crippen LogP contribution in [0.15, 0.2) is 55.2 Å². The fraction of sp³-hybridized carbons (Fsp3) is 0.133. The second kappa shape index (κ2) is 5.30. The molecule has 2 nitrogen and oxygen atoms in total. The average Bonchev–Trinajstić information content (AvgIpc) is 2.40. The summed E-state index contributed by atoms with van der Waals surface area (Å²) in [5.74, 6) is 0.687. The minimum absolute atomic E-state index is 0.627. The topological polar surface area (TPSA) is 22.1 Å². The summed E-state index contributed by atoms with van der Waals surface area (Å²) in [4.78, 5) is 4.36. The maximum atomic E-state index is 5.40. The van der Waals surface area contributed by atoms with Gasteiger partial charge in [0.05, 0.1) is 12.3 Å². The first-order valence-electron chi connectivity index (χ1n) is 5.65. The van der Waals surface area contributed by atoms with Crippen molar-refractivity contribution in [3.63, 3.8) is 0 Å². The molecule has 0 aliphatic heterocycles. The second-order valence-electron chi connectivity index (χ2n) is 3.65. The lowest BCUT2D eigenvalue weighted by Crippen LogP contribution is -1.92. The zero-order valence-electron chi connectivity index (χ0n) is 9.89. The van der Waals surface area contributed by atoms with Gasteiger partial charge in [0.1, 0.15) is 5.76 Å². The predicted octanol–water partition coefficient (Wildman–Crippen LogP) is 3.76. The van der Waals surface area contributed by atoms with Crippen molar-refractivity contribution in [1.29, 1.82) is 0 Å². The molecule has 0 spiro atoms. The van der Waals surface area contributed by atoms with Gasteiger partial charge in [-0.15, -0.1) is 0 Å². The van der Waals surface area contributed by atoms with Gasteiger partial charge in [-0.05, 0) is 19.1 Å². The largest absolute Gasteiger partial charge is 0.494 e. The molecule has 0 unspecified atom stereocenters. The first-order valence-corrected chi connectivity index (χ1v) is 5.65. The molecule has 2 heteroatoms. The van der Waals surface area contributed by atoms with Gasteiger partial charge in [0.15, 0.2) is 0 Å². The van der Waals surface area contributed by atoms with Crippen LogP contribution in [0.1, 0.15) is 12.5 Å². The highest BCUT2D eigenvalue weighted by Gasteiger charge is 2.03. The van der Waals surface area contributed by atoms with Crippen molar-refractivity contribution >= 4 is 5.76 Å². The molecule has 86 valence electrons. The number of nitrogens with zero attached hydrogens (tertiary/aromatic N) is 1. The zero-order chi connectivity index (χ0) is 12.1. The van der Waals surface area contributed by atoms with Crippen LogP contribution in [0.2, 0.25) is 0 Å². The molecule has 0 saturated carbocycles. The molecule has 17 heavy (non-hydrogen) atoms. The van der Waals surface area contributed by atoms with E-state index in [4.69, 9.17) is 4.74 Å². The molecule has 0 atom stereocenters. The third-order valence-electron chi connectivity index (χ3n) is 2.47. The number of hydrogen-bond donors (Lipinski definition) is 0. The van der Waals surface area contributed by atoms with E-state index in [1.807, 2.05) is 49.4 Å². The predicted molar refractivity (Wildman–Crippen MR) is 70.3 cm³/mol. The Morgan fingerprint density at radius 2 is 2.00 bits per heavy atom. The van der Waals surface area contributed by atoms with E-state index in [9.17, 15) is 0 Å². The Morgan fingerprint density at radius 3 is 2.71 bits per heavy atom.